The SMILES string of the molecule is Cc1cc2oc(C(=O)Nc3ccc(Cc4nnc(-c5ccccc5)o4)cc3)c(C)c2cc1Cl. The van der Waals surface area contributed by atoms with Crippen LogP contribution < -0.4 is 5.32 Å². The average Bonchev–Trinajstić information content (AvgIpc) is 3.41. The first kappa shape index (κ1) is 21.0. The Morgan fingerprint density at radius 3 is 2.48 bits per heavy atom. The highest BCUT2D eigenvalue weighted by molar-refractivity contribution is 6.32. The van der Waals surface area contributed by atoms with E-state index in [0.717, 1.165) is 27.6 Å². The normalized spacial score (nSPS) is 11.1. The Bertz CT molecular complexity index is 1450. The molecule has 164 valence electrons. The van der Waals surface area contributed by atoms with Gasteiger partial charge in [0.2, 0.25) is 11.8 Å². The molecular weight excluding hydrogens is 438 g/mol. The molecule has 2 aromatic heterocycles. The first-order valence-electron chi connectivity index (χ1n) is 10.5. The highest BCUT2D eigenvalue weighted by Crippen LogP contribution is 2.30. The Morgan fingerprint density at radius 2 is 1.73 bits per heavy atom. The summed E-state index contributed by atoms with van der Waals surface area (Å²) < 4.78 is 11.6. The molecule has 0 unspecified atom stereocenters. The Balaban J connectivity index is 1.28. The number of fused-ring (bicyclic) bond motifs is 1. The first-order valence-corrected chi connectivity index (χ1v) is 10.8. The average molecular weight is 458 g/mol. The van der Waals surface area contributed by atoms with Gasteiger partial charge < -0.3 is 14.2 Å². The van der Waals surface area contributed by atoms with E-state index in [-0.39, 0.29) is 11.7 Å². The fourth-order valence-corrected chi connectivity index (χ4v) is 3.81. The molecule has 0 bridgehead atoms. The van der Waals surface area contributed by atoms with E-state index in [1.807, 2.05) is 80.6 Å². The summed E-state index contributed by atoms with van der Waals surface area (Å²) >= 11 is 6.23. The molecule has 0 aliphatic carbocycles. The Kier molecular flexibility index (Phi) is 5.44. The van der Waals surface area contributed by atoms with Gasteiger partial charge in [0.25, 0.3) is 5.91 Å². The molecule has 1 N–H and O–H groups in total. The highest BCUT2D eigenvalue weighted by atomic mass is 35.5. The summed E-state index contributed by atoms with van der Waals surface area (Å²) in [6, 6.07) is 20.8. The van der Waals surface area contributed by atoms with E-state index < -0.39 is 0 Å². The van der Waals surface area contributed by atoms with Gasteiger partial charge in [-0.25, -0.2) is 0 Å². The van der Waals surface area contributed by atoms with E-state index in [0.29, 0.717) is 34.5 Å². The van der Waals surface area contributed by atoms with Gasteiger partial charge in [0, 0.05) is 27.2 Å². The quantitative estimate of drug-likeness (QED) is 0.321. The largest absolute Gasteiger partial charge is 0.451 e. The molecule has 0 spiro atoms. The number of hydrogen-bond acceptors (Lipinski definition) is 5. The van der Waals surface area contributed by atoms with Crippen molar-refractivity contribution in [2.24, 2.45) is 0 Å². The van der Waals surface area contributed by atoms with E-state index in [1.54, 1.807) is 0 Å². The molecule has 7 heteroatoms. The number of carbonyl (C=O) groups is 1. The lowest BCUT2D eigenvalue weighted by molar-refractivity contribution is 0.0998. The molecule has 6 nitrogen and oxygen atoms in total. The van der Waals surface area contributed by atoms with Crippen molar-refractivity contribution in [1.82, 2.24) is 10.2 Å². The summed E-state index contributed by atoms with van der Waals surface area (Å²) in [7, 11) is 0. The van der Waals surface area contributed by atoms with Gasteiger partial charge in [0.1, 0.15) is 5.58 Å². The van der Waals surface area contributed by atoms with Crippen LogP contribution in [-0.2, 0) is 6.42 Å². The lowest BCUT2D eigenvalue weighted by Crippen LogP contribution is -2.12. The van der Waals surface area contributed by atoms with Crippen molar-refractivity contribution in [2.45, 2.75) is 20.3 Å². The number of benzene rings is 3. The third-order valence-corrected chi connectivity index (χ3v) is 5.89. The van der Waals surface area contributed by atoms with Crippen molar-refractivity contribution in [1.29, 1.82) is 0 Å². The molecule has 0 aliphatic rings. The molecule has 0 saturated heterocycles. The van der Waals surface area contributed by atoms with Crippen LogP contribution in [0.15, 0.2) is 75.6 Å². The summed E-state index contributed by atoms with van der Waals surface area (Å²) in [6.07, 6.45) is 0.497. The lowest BCUT2D eigenvalue weighted by atomic mass is 10.1. The number of nitrogens with zero attached hydrogens (tertiary/aromatic N) is 2. The zero-order valence-corrected chi connectivity index (χ0v) is 18.8. The van der Waals surface area contributed by atoms with E-state index >= 15 is 0 Å². The van der Waals surface area contributed by atoms with Gasteiger partial charge in [-0.3, -0.25) is 4.79 Å². The molecule has 33 heavy (non-hydrogen) atoms. The predicted molar refractivity (Wildman–Crippen MR) is 128 cm³/mol. The summed E-state index contributed by atoms with van der Waals surface area (Å²) in [4.78, 5) is 12.8. The molecule has 0 aliphatic heterocycles. The van der Waals surface area contributed by atoms with Crippen molar-refractivity contribution in [3.63, 3.8) is 0 Å². The van der Waals surface area contributed by atoms with Crippen molar-refractivity contribution >= 4 is 34.2 Å². The second-order valence-electron chi connectivity index (χ2n) is 7.85. The smallest absolute Gasteiger partial charge is 0.291 e. The molecule has 0 radical (unpaired) electrons. The topological polar surface area (TPSA) is 81.2 Å². The first-order chi connectivity index (χ1) is 16.0. The summed E-state index contributed by atoms with van der Waals surface area (Å²) in [5.41, 5.74) is 4.83. The van der Waals surface area contributed by atoms with Crippen molar-refractivity contribution in [3.05, 3.63) is 100 Å². The Labute approximate surface area is 195 Å². The van der Waals surface area contributed by atoms with Crippen LogP contribution in [0.2, 0.25) is 5.02 Å². The molecule has 5 rings (SSSR count). The van der Waals surface area contributed by atoms with E-state index in [4.69, 9.17) is 20.4 Å². The van der Waals surface area contributed by atoms with Crippen LogP contribution in [0.25, 0.3) is 22.4 Å². The van der Waals surface area contributed by atoms with Crippen LogP contribution in [0.3, 0.4) is 0 Å². The number of amides is 1. The Hall–Kier alpha value is -3.90. The fourth-order valence-electron chi connectivity index (χ4n) is 3.65. The number of halogens is 1. The minimum absolute atomic E-state index is 0.273. The summed E-state index contributed by atoms with van der Waals surface area (Å²) in [5, 5.41) is 12.6. The molecule has 0 atom stereocenters. The molecule has 2 heterocycles. The van der Waals surface area contributed by atoms with Crippen LogP contribution >= 0.6 is 11.6 Å². The van der Waals surface area contributed by atoms with Crippen LogP contribution in [0.5, 0.6) is 0 Å². The second-order valence-corrected chi connectivity index (χ2v) is 8.26. The third-order valence-electron chi connectivity index (χ3n) is 5.48. The summed E-state index contributed by atoms with van der Waals surface area (Å²) in [6.45, 7) is 3.75. The molecule has 0 fully saturated rings. The lowest BCUT2D eigenvalue weighted by Gasteiger charge is -2.05. The zero-order chi connectivity index (χ0) is 22.9. The number of carbonyl (C=O) groups excluding carboxylic acids is 1. The number of furan rings is 1. The van der Waals surface area contributed by atoms with Crippen molar-refractivity contribution in [2.75, 3.05) is 5.32 Å². The molecular formula is C26H20ClN3O3. The summed E-state index contributed by atoms with van der Waals surface area (Å²) in [5.74, 6) is 0.981. The fraction of sp³-hybridized carbons (Fsp3) is 0.115. The predicted octanol–water partition coefficient (Wildman–Crippen LogP) is 6.60. The van der Waals surface area contributed by atoms with E-state index in [2.05, 4.69) is 15.5 Å². The van der Waals surface area contributed by atoms with Crippen LogP contribution in [-0.4, -0.2) is 16.1 Å². The maximum atomic E-state index is 12.8. The molecule has 1 amide bonds. The van der Waals surface area contributed by atoms with Gasteiger partial charge in [-0.15, -0.1) is 10.2 Å². The van der Waals surface area contributed by atoms with Gasteiger partial charge in [0.15, 0.2) is 5.76 Å². The van der Waals surface area contributed by atoms with E-state index in [1.165, 1.54) is 0 Å². The van der Waals surface area contributed by atoms with Crippen molar-refractivity contribution in [3.8, 4) is 11.5 Å². The van der Waals surface area contributed by atoms with Crippen molar-refractivity contribution < 1.29 is 13.6 Å². The molecule has 5 aromatic rings. The van der Waals surface area contributed by atoms with Gasteiger partial charge >= 0.3 is 0 Å². The second kappa shape index (κ2) is 8.56. The number of anilines is 1. The minimum atomic E-state index is -0.311. The highest BCUT2D eigenvalue weighted by Gasteiger charge is 2.19. The Morgan fingerprint density at radius 1 is 0.970 bits per heavy atom. The number of rotatable bonds is 5. The standard InChI is InChI=1S/C26H20ClN3O3/c1-15-12-22-20(14-21(15)27)16(2)24(32-22)25(31)28-19-10-8-17(9-11-19)13-23-29-30-26(33-23)18-6-4-3-5-7-18/h3-12,14H,13H2,1-2H3,(H,28,31). The van der Waals surface area contributed by atoms with Crippen LogP contribution in [0.4, 0.5) is 5.69 Å². The number of nitrogens with one attached hydrogen (secondary N) is 1. The number of aromatic nitrogens is 2. The third kappa shape index (κ3) is 4.25. The van der Waals surface area contributed by atoms with E-state index in [9.17, 15) is 4.79 Å². The van der Waals surface area contributed by atoms with Crippen LogP contribution in [0, 0.1) is 13.8 Å². The van der Waals surface area contributed by atoms with Gasteiger partial charge in [-0.05, 0) is 61.4 Å². The van der Waals surface area contributed by atoms with Gasteiger partial charge in [-0.2, -0.15) is 0 Å². The number of aryl methyl sites for hydroxylation is 2. The zero-order valence-electron chi connectivity index (χ0n) is 18.1. The van der Waals surface area contributed by atoms with Gasteiger partial charge in [-0.1, -0.05) is 41.9 Å². The maximum absolute atomic E-state index is 12.8. The minimum Gasteiger partial charge on any atom is -0.451 e. The monoisotopic (exact) mass is 457 g/mol. The van der Waals surface area contributed by atoms with Gasteiger partial charge in [0.05, 0.1) is 6.42 Å². The van der Waals surface area contributed by atoms with Crippen LogP contribution in [0.1, 0.15) is 33.1 Å². The number of hydrogen-bond donors (Lipinski definition) is 1. The maximum Gasteiger partial charge on any atom is 0.291 e. The molecule has 3 aromatic carbocycles. The molecule has 0 saturated carbocycles.